The van der Waals surface area contributed by atoms with E-state index in [-0.39, 0.29) is 21.7 Å². The lowest BCUT2D eigenvalue weighted by atomic mass is 10.2. The van der Waals surface area contributed by atoms with Gasteiger partial charge < -0.3 is 18.9 Å². The number of benzene rings is 2. The van der Waals surface area contributed by atoms with Crippen molar-refractivity contribution in [2.24, 2.45) is 0 Å². The molecule has 0 amide bonds. The summed E-state index contributed by atoms with van der Waals surface area (Å²) >= 11 is 0. The minimum atomic E-state index is -3.93. The lowest BCUT2D eigenvalue weighted by molar-refractivity contribution is 0.415. The molecule has 0 radical (unpaired) electrons. The highest BCUT2D eigenvalue weighted by molar-refractivity contribution is 7.91. The SMILES string of the molecule is COc1cccc(Nc2oc(-c3ccco3)nc2S(=O)(=O)c2ccc(C)cc2)c1. The van der Waals surface area contributed by atoms with Gasteiger partial charge in [-0.05, 0) is 43.3 Å². The molecule has 1 N–H and O–H groups in total. The molecule has 0 fully saturated rings. The van der Waals surface area contributed by atoms with Gasteiger partial charge in [0.15, 0.2) is 5.76 Å². The van der Waals surface area contributed by atoms with Gasteiger partial charge in [-0.25, -0.2) is 8.42 Å². The predicted molar refractivity (Wildman–Crippen MR) is 107 cm³/mol. The van der Waals surface area contributed by atoms with E-state index in [0.717, 1.165) is 5.56 Å². The van der Waals surface area contributed by atoms with E-state index in [0.29, 0.717) is 17.2 Å². The van der Waals surface area contributed by atoms with Crippen molar-refractivity contribution in [1.29, 1.82) is 0 Å². The van der Waals surface area contributed by atoms with Crippen molar-refractivity contribution in [2.45, 2.75) is 16.8 Å². The van der Waals surface area contributed by atoms with E-state index < -0.39 is 9.84 Å². The molecule has 8 heteroatoms. The molecule has 0 saturated carbocycles. The fourth-order valence-corrected chi connectivity index (χ4v) is 3.99. The molecule has 0 bridgehead atoms. The fourth-order valence-electron chi connectivity index (χ4n) is 2.73. The third kappa shape index (κ3) is 3.74. The van der Waals surface area contributed by atoms with E-state index in [1.165, 1.54) is 6.26 Å². The summed E-state index contributed by atoms with van der Waals surface area (Å²) in [5.41, 5.74) is 1.54. The molecule has 0 aliphatic rings. The molecule has 0 aliphatic carbocycles. The van der Waals surface area contributed by atoms with Crippen molar-refractivity contribution < 1.29 is 22.0 Å². The quantitative estimate of drug-likeness (QED) is 0.486. The van der Waals surface area contributed by atoms with Crippen LogP contribution in [0.4, 0.5) is 11.6 Å². The molecule has 0 atom stereocenters. The first kappa shape index (κ1) is 18.8. The second-order valence-corrected chi connectivity index (χ2v) is 8.17. The summed E-state index contributed by atoms with van der Waals surface area (Å²) in [7, 11) is -2.38. The largest absolute Gasteiger partial charge is 0.497 e. The highest BCUT2D eigenvalue weighted by Gasteiger charge is 2.29. The van der Waals surface area contributed by atoms with Gasteiger partial charge in [-0.3, -0.25) is 0 Å². The van der Waals surface area contributed by atoms with Crippen LogP contribution < -0.4 is 10.1 Å². The molecule has 2 aromatic heterocycles. The molecular weight excluding hydrogens is 392 g/mol. The van der Waals surface area contributed by atoms with E-state index in [4.69, 9.17) is 13.6 Å². The molecule has 7 nitrogen and oxygen atoms in total. The van der Waals surface area contributed by atoms with E-state index >= 15 is 0 Å². The smallest absolute Gasteiger partial charge is 0.266 e. The molecule has 0 saturated heterocycles. The Kier molecular flexibility index (Phi) is 4.85. The van der Waals surface area contributed by atoms with Crippen LogP contribution in [-0.2, 0) is 9.84 Å². The zero-order chi connectivity index (χ0) is 20.4. The Balaban J connectivity index is 1.82. The summed E-state index contributed by atoms with van der Waals surface area (Å²) < 4.78 is 42.7. The summed E-state index contributed by atoms with van der Waals surface area (Å²) in [6.07, 6.45) is 1.46. The molecule has 148 valence electrons. The Bertz CT molecular complexity index is 1230. The number of anilines is 2. The third-order valence-corrected chi connectivity index (χ3v) is 5.92. The van der Waals surface area contributed by atoms with Crippen LogP contribution in [0.1, 0.15) is 5.56 Å². The Morgan fingerprint density at radius 1 is 1.03 bits per heavy atom. The molecule has 0 spiro atoms. The average Bonchev–Trinajstić information content (AvgIpc) is 3.38. The summed E-state index contributed by atoms with van der Waals surface area (Å²) in [5.74, 6) is 0.990. The van der Waals surface area contributed by atoms with Gasteiger partial charge in [-0.1, -0.05) is 23.8 Å². The topological polar surface area (TPSA) is 94.6 Å². The molecule has 2 aromatic carbocycles. The number of methoxy groups -OCH3 is 1. The van der Waals surface area contributed by atoms with E-state index in [9.17, 15) is 8.42 Å². The maximum Gasteiger partial charge on any atom is 0.266 e. The first-order valence-electron chi connectivity index (χ1n) is 8.75. The van der Waals surface area contributed by atoms with Crippen LogP contribution in [0.3, 0.4) is 0 Å². The van der Waals surface area contributed by atoms with Gasteiger partial charge in [0.1, 0.15) is 5.75 Å². The number of sulfone groups is 1. The number of furan rings is 1. The number of nitrogens with one attached hydrogen (secondary N) is 1. The predicted octanol–water partition coefficient (Wildman–Crippen LogP) is 4.83. The maximum absolute atomic E-state index is 13.2. The Labute approximate surface area is 167 Å². The van der Waals surface area contributed by atoms with Crippen LogP contribution in [0, 0.1) is 6.92 Å². The second kappa shape index (κ2) is 7.48. The van der Waals surface area contributed by atoms with Gasteiger partial charge in [0.25, 0.3) is 5.89 Å². The summed E-state index contributed by atoms with van der Waals surface area (Å²) in [6, 6.07) is 16.9. The number of hydrogen-bond donors (Lipinski definition) is 1. The van der Waals surface area contributed by atoms with Crippen LogP contribution in [0.5, 0.6) is 5.75 Å². The number of hydrogen-bond acceptors (Lipinski definition) is 7. The van der Waals surface area contributed by atoms with Gasteiger partial charge in [-0.15, -0.1) is 0 Å². The highest BCUT2D eigenvalue weighted by atomic mass is 32.2. The number of aryl methyl sites for hydroxylation is 1. The highest BCUT2D eigenvalue weighted by Crippen LogP contribution is 2.34. The third-order valence-electron chi connectivity index (χ3n) is 4.24. The van der Waals surface area contributed by atoms with Crippen molar-refractivity contribution in [3.05, 3.63) is 72.5 Å². The number of rotatable bonds is 6. The molecule has 4 rings (SSSR count). The van der Waals surface area contributed by atoms with Gasteiger partial charge in [0, 0.05) is 11.8 Å². The van der Waals surface area contributed by atoms with Crippen molar-refractivity contribution in [3.8, 4) is 17.4 Å². The minimum Gasteiger partial charge on any atom is -0.497 e. The first-order chi connectivity index (χ1) is 14.0. The number of ether oxygens (including phenoxy) is 1. The number of oxazole rings is 1. The van der Waals surface area contributed by atoms with Gasteiger partial charge >= 0.3 is 0 Å². The number of aromatic nitrogens is 1. The molecule has 0 unspecified atom stereocenters. The lowest BCUT2D eigenvalue weighted by Crippen LogP contribution is -2.05. The van der Waals surface area contributed by atoms with Crippen molar-refractivity contribution in [2.75, 3.05) is 12.4 Å². The zero-order valence-electron chi connectivity index (χ0n) is 15.7. The van der Waals surface area contributed by atoms with Crippen LogP contribution in [0.2, 0.25) is 0 Å². The van der Waals surface area contributed by atoms with E-state index in [1.807, 2.05) is 6.92 Å². The minimum absolute atomic E-state index is 0.00905. The van der Waals surface area contributed by atoms with Gasteiger partial charge in [0.05, 0.1) is 18.3 Å². The second-order valence-electron chi connectivity index (χ2n) is 6.30. The van der Waals surface area contributed by atoms with E-state index in [1.54, 1.807) is 67.8 Å². The van der Waals surface area contributed by atoms with E-state index in [2.05, 4.69) is 10.3 Å². The zero-order valence-corrected chi connectivity index (χ0v) is 16.6. The first-order valence-corrected chi connectivity index (χ1v) is 10.2. The van der Waals surface area contributed by atoms with Crippen molar-refractivity contribution in [1.82, 2.24) is 4.98 Å². The summed E-state index contributed by atoms with van der Waals surface area (Å²) in [6.45, 7) is 1.89. The Morgan fingerprint density at radius 3 is 2.52 bits per heavy atom. The van der Waals surface area contributed by atoms with Gasteiger partial charge in [0.2, 0.25) is 20.7 Å². The molecule has 29 heavy (non-hydrogen) atoms. The van der Waals surface area contributed by atoms with Crippen molar-refractivity contribution >= 4 is 21.4 Å². The van der Waals surface area contributed by atoms with Crippen LogP contribution in [-0.4, -0.2) is 20.5 Å². The average molecular weight is 410 g/mol. The van der Waals surface area contributed by atoms with Crippen LogP contribution >= 0.6 is 0 Å². The molecule has 0 aliphatic heterocycles. The maximum atomic E-state index is 13.2. The normalized spacial score (nSPS) is 11.4. The Hall–Kier alpha value is -3.52. The molecule has 4 aromatic rings. The molecular formula is C21H18N2O5S. The lowest BCUT2D eigenvalue weighted by Gasteiger charge is -2.07. The van der Waals surface area contributed by atoms with Crippen molar-refractivity contribution in [3.63, 3.8) is 0 Å². The summed E-state index contributed by atoms with van der Waals surface area (Å²) in [4.78, 5) is 4.34. The van der Waals surface area contributed by atoms with Crippen LogP contribution in [0.25, 0.3) is 11.7 Å². The summed E-state index contributed by atoms with van der Waals surface area (Å²) in [5, 5.41) is 2.76. The van der Waals surface area contributed by atoms with Crippen LogP contribution in [0.15, 0.2) is 85.7 Å². The standard InChI is InChI=1S/C21H18N2O5S/c1-14-8-10-17(11-9-14)29(24,25)21-20(22-15-5-3-6-16(13-15)26-2)28-19(23-21)18-7-4-12-27-18/h3-13,22H,1-2H3. The molecule has 2 heterocycles. The van der Waals surface area contributed by atoms with Gasteiger partial charge in [-0.2, -0.15) is 4.98 Å². The number of nitrogens with zero attached hydrogens (tertiary/aromatic N) is 1. The Morgan fingerprint density at radius 2 is 1.83 bits per heavy atom. The monoisotopic (exact) mass is 410 g/mol. The fraction of sp³-hybridized carbons (Fsp3) is 0.0952.